The number of rotatable bonds is 0. The molecule has 0 atom stereocenters. The molecule has 0 aliphatic heterocycles. The summed E-state index contributed by atoms with van der Waals surface area (Å²) in [7, 11) is 0. The van der Waals surface area contributed by atoms with Crippen molar-refractivity contribution in [3.63, 3.8) is 0 Å². The van der Waals surface area contributed by atoms with Gasteiger partial charge in [-0.2, -0.15) is 0 Å². The Bertz CT molecular complexity index is 11.0. The molecule has 0 saturated heterocycles. The van der Waals surface area contributed by atoms with Crippen LogP contribution in [-0.2, 0) is 0 Å². The Morgan fingerprint density at radius 2 is 0.333 bits per heavy atom. The molecule has 0 aromatic heterocycles. The van der Waals surface area contributed by atoms with Gasteiger partial charge in [0, 0.05) is 0 Å². The number of hydrogen-bond acceptors (Lipinski definition) is 0. The molecule has 0 aliphatic rings. The van der Waals surface area contributed by atoms with Crippen LogP contribution in [0.25, 0.3) is 0 Å². The molecular formula is H19Al2ClO6. The predicted octanol–water partition coefficient (Wildman–Crippen LogP) is -6.89. The van der Waals surface area contributed by atoms with E-state index >= 15 is 0 Å². The molecule has 0 rings (SSSR count). The zero-order chi connectivity index (χ0) is 0. The first kappa shape index (κ1) is 676. The van der Waals surface area contributed by atoms with Gasteiger partial charge in [-0.1, -0.05) is 0 Å². The third-order valence-electron chi connectivity index (χ3n) is 0. The molecule has 0 radical (unpaired) electrons. The van der Waals surface area contributed by atoms with Crippen molar-refractivity contribution in [1.29, 1.82) is 0 Å². The Labute approximate surface area is 80.2 Å². The Balaban J connectivity index is 0. The summed E-state index contributed by atoms with van der Waals surface area (Å²) >= 11 is 0. The van der Waals surface area contributed by atoms with Gasteiger partial charge in [0.15, 0.2) is 34.7 Å². The lowest BCUT2D eigenvalue weighted by Crippen LogP contribution is -0.382. The summed E-state index contributed by atoms with van der Waals surface area (Å²) in [5, 5.41) is 0. The van der Waals surface area contributed by atoms with Crippen LogP contribution in [0.4, 0.5) is 0 Å². The molecule has 0 bridgehead atoms. The molecule has 68 valence electrons. The van der Waals surface area contributed by atoms with Gasteiger partial charge in [0.25, 0.3) is 0 Å². The predicted molar refractivity (Wildman–Crippen MR) is 48.8 cm³/mol. The van der Waals surface area contributed by atoms with Crippen LogP contribution in [-0.4, -0.2) is 67.6 Å². The van der Waals surface area contributed by atoms with E-state index in [1.807, 2.05) is 0 Å². The van der Waals surface area contributed by atoms with Crippen LogP contribution in [0.2, 0.25) is 0 Å². The molecule has 9 heteroatoms. The number of halogens is 1. The van der Waals surface area contributed by atoms with Crippen molar-refractivity contribution in [3.05, 3.63) is 0 Å². The molecule has 0 spiro atoms. The first-order chi connectivity index (χ1) is 0. The fraction of sp³-hybridized carbons (Fsp3) is 0. The lowest BCUT2D eigenvalue weighted by molar-refractivity contribution is 0.823. The minimum atomic E-state index is 0. The van der Waals surface area contributed by atoms with E-state index in [9.17, 15) is 0 Å². The van der Waals surface area contributed by atoms with Crippen molar-refractivity contribution in [3.8, 4) is 0 Å². The Hall–Kier alpha value is 1.11. The highest BCUT2D eigenvalue weighted by molar-refractivity contribution is 5.85. The molecule has 0 amide bonds. The zero-order valence-corrected chi connectivity index (χ0v) is 4.22. The number of hydrogen-bond donors (Lipinski definition) is 0. The van der Waals surface area contributed by atoms with Crippen LogP contribution < -0.4 is 0 Å². The van der Waals surface area contributed by atoms with Crippen molar-refractivity contribution in [2.75, 3.05) is 0 Å². The van der Waals surface area contributed by atoms with E-state index in [0.29, 0.717) is 0 Å². The fourth-order valence-electron chi connectivity index (χ4n) is 0. The Morgan fingerprint density at radius 1 is 0.333 bits per heavy atom. The maximum absolute atomic E-state index is 0. The van der Waals surface area contributed by atoms with Crippen LogP contribution in [0.15, 0.2) is 0 Å². The molecular weight excluding hydrogens is 185 g/mol. The van der Waals surface area contributed by atoms with Crippen molar-refractivity contribution < 1.29 is 32.9 Å². The van der Waals surface area contributed by atoms with Gasteiger partial charge in [0.1, 0.15) is 0 Å². The second-order valence-corrected chi connectivity index (χ2v) is 0. The normalized spacial score (nSPS) is 0. The van der Waals surface area contributed by atoms with E-state index in [1.54, 1.807) is 0 Å². The summed E-state index contributed by atoms with van der Waals surface area (Å²) in [6, 6.07) is 0. The lowest BCUT2D eigenvalue weighted by atomic mass is 16.0. The van der Waals surface area contributed by atoms with Crippen LogP contribution >= 0.6 is 12.4 Å². The smallest absolute Gasteiger partial charge is 0.187 e. The minimum Gasteiger partial charge on any atom is -0.412 e. The SMILES string of the molecule is Cl.O.O.O.O.O.O.[AlH3].[AlH3]. The topological polar surface area (TPSA) is 189 Å². The molecule has 0 aromatic rings. The quantitative estimate of drug-likeness (QED) is 0.339. The van der Waals surface area contributed by atoms with Gasteiger partial charge in [-0.05, 0) is 0 Å². The zero-order valence-electron chi connectivity index (χ0n) is 3.41. The summed E-state index contributed by atoms with van der Waals surface area (Å²) in [6.07, 6.45) is 0. The van der Waals surface area contributed by atoms with E-state index in [0.717, 1.165) is 0 Å². The van der Waals surface area contributed by atoms with Crippen molar-refractivity contribution in [2.24, 2.45) is 0 Å². The summed E-state index contributed by atoms with van der Waals surface area (Å²) in [6.45, 7) is 0. The summed E-state index contributed by atoms with van der Waals surface area (Å²) < 4.78 is 0. The molecule has 0 fully saturated rings. The van der Waals surface area contributed by atoms with Crippen molar-refractivity contribution >= 4 is 47.1 Å². The maximum Gasteiger partial charge on any atom is 0.187 e. The highest BCUT2D eigenvalue weighted by atomic mass is 35.5. The fourth-order valence-corrected chi connectivity index (χ4v) is 0. The van der Waals surface area contributed by atoms with Crippen molar-refractivity contribution in [2.45, 2.75) is 0 Å². The summed E-state index contributed by atoms with van der Waals surface area (Å²) in [4.78, 5) is 0. The maximum atomic E-state index is 0. The van der Waals surface area contributed by atoms with Gasteiger partial charge in [-0.25, -0.2) is 0 Å². The Kier molecular flexibility index (Phi) is 36300. The van der Waals surface area contributed by atoms with Gasteiger partial charge in [-0.3, -0.25) is 0 Å². The third kappa shape index (κ3) is 371. The van der Waals surface area contributed by atoms with Gasteiger partial charge < -0.3 is 32.9 Å². The minimum absolute atomic E-state index is 0. The van der Waals surface area contributed by atoms with Gasteiger partial charge in [0.05, 0.1) is 0 Å². The van der Waals surface area contributed by atoms with Crippen LogP contribution in [0.5, 0.6) is 0 Å². The first-order valence-electron chi connectivity index (χ1n) is 0. The van der Waals surface area contributed by atoms with E-state index in [1.165, 1.54) is 0 Å². The summed E-state index contributed by atoms with van der Waals surface area (Å²) in [5.74, 6) is 0. The second kappa shape index (κ2) is 483. The second-order valence-electron chi connectivity index (χ2n) is 0. The Morgan fingerprint density at radius 3 is 0.333 bits per heavy atom. The first-order valence-corrected chi connectivity index (χ1v) is 0. The van der Waals surface area contributed by atoms with Crippen LogP contribution in [0, 0.1) is 0 Å². The molecule has 12 N–H and O–H groups in total. The van der Waals surface area contributed by atoms with Crippen molar-refractivity contribution in [1.82, 2.24) is 0 Å². The lowest BCUT2D eigenvalue weighted by Gasteiger charge is -0.413. The average molecular weight is 205 g/mol. The molecule has 0 aromatic carbocycles. The van der Waals surface area contributed by atoms with E-state index in [-0.39, 0.29) is 80.0 Å². The largest absolute Gasteiger partial charge is 0.412 e. The third-order valence-corrected chi connectivity index (χ3v) is 0. The molecule has 0 saturated carbocycles. The molecule has 9 heavy (non-hydrogen) atoms. The van der Waals surface area contributed by atoms with E-state index < -0.39 is 0 Å². The average Bonchev–Trinajstić information content (AvgIpc) is 0. The summed E-state index contributed by atoms with van der Waals surface area (Å²) in [5.41, 5.74) is 0. The van der Waals surface area contributed by atoms with Crippen LogP contribution in [0.1, 0.15) is 0 Å². The molecule has 0 heterocycles. The van der Waals surface area contributed by atoms with Gasteiger partial charge in [-0.15, -0.1) is 12.4 Å². The van der Waals surface area contributed by atoms with E-state index in [2.05, 4.69) is 0 Å². The van der Waals surface area contributed by atoms with Gasteiger partial charge in [0.2, 0.25) is 0 Å². The standard InChI is InChI=1S/2Al.ClH.6H2O.6H/h;;1H;6*1H2;;;;;;. The highest BCUT2D eigenvalue weighted by Crippen LogP contribution is 0.690. The van der Waals surface area contributed by atoms with E-state index in [4.69, 9.17) is 0 Å². The van der Waals surface area contributed by atoms with Crippen LogP contribution in [0.3, 0.4) is 0 Å². The molecule has 0 unspecified atom stereocenters. The van der Waals surface area contributed by atoms with Gasteiger partial charge >= 0.3 is 0 Å². The molecule has 6 nitrogen and oxygen atoms in total. The monoisotopic (exact) mass is 204 g/mol. The molecule has 0 aliphatic carbocycles. The highest BCUT2D eigenvalue weighted by Gasteiger charge is 0.188.